The molecule has 1 heterocycles. The minimum absolute atomic E-state index is 0.488. The minimum atomic E-state index is -0.500. The Balaban J connectivity index is 1.79. The number of aliphatic hydroxyl groups is 1. The topological polar surface area (TPSA) is 63.0 Å². The van der Waals surface area contributed by atoms with Crippen molar-refractivity contribution in [3.8, 4) is 0 Å². The molecule has 0 aliphatic rings. The van der Waals surface area contributed by atoms with Gasteiger partial charge in [-0.05, 0) is 5.56 Å². The van der Waals surface area contributed by atoms with Crippen LogP contribution < -0.4 is 5.32 Å². The molecular weight excluding hydrogens is 216 g/mol. The fourth-order valence-electron chi connectivity index (χ4n) is 1.58. The monoisotopic (exact) mass is 232 g/mol. The Morgan fingerprint density at radius 2 is 2.12 bits per heavy atom. The van der Waals surface area contributed by atoms with Crippen LogP contribution in [0.5, 0.6) is 0 Å². The Hall–Kier alpha value is -1.72. The van der Waals surface area contributed by atoms with Gasteiger partial charge in [0.1, 0.15) is 6.33 Å². The number of hydrogen-bond acceptors (Lipinski definition) is 4. The Morgan fingerprint density at radius 1 is 1.35 bits per heavy atom. The van der Waals surface area contributed by atoms with Crippen molar-refractivity contribution in [2.45, 2.75) is 12.6 Å². The molecule has 0 spiro atoms. The highest BCUT2D eigenvalue weighted by Gasteiger charge is 2.06. The molecule has 0 radical (unpaired) electrons. The van der Waals surface area contributed by atoms with Crippen molar-refractivity contribution in [3.63, 3.8) is 0 Å². The van der Waals surface area contributed by atoms with Gasteiger partial charge in [-0.1, -0.05) is 30.3 Å². The van der Waals surface area contributed by atoms with E-state index in [4.69, 9.17) is 0 Å². The number of aliphatic hydroxyl groups excluding tert-OH is 1. The lowest BCUT2D eigenvalue weighted by molar-refractivity contribution is 0.174. The van der Waals surface area contributed by atoms with Crippen molar-refractivity contribution in [2.24, 2.45) is 7.05 Å². The van der Waals surface area contributed by atoms with Gasteiger partial charge in [-0.2, -0.15) is 5.10 Å². The largest absolute Gasteiger partial charge is 0.387 e. The summed E-state index contributed by atoms with van der Waals surface area (Å²) in [5.41, 5.74) is 0.911. The number of rotatable bonds is 5. The van der Waals surface area contributed by atoms with E-state index in [2.05, 4.69) is 15.4 Å². The molecule has 0 aliphatic heterocycles. The van der Waals surface area contributed by atoms with Gasteiger partial charge >= 0.3 is 0 Å². The lowest BCUT2D eigenvalue weighted by Gasteiger charge is -2.10. The van der Waals surface area contributed by atoms with Crippen molar-refractivity contribution in [1.29, 1.82) is 0 Å². The van der Waals surface area contributed by atoms with Crippen LogP contribution in [0.25, 0.3) is 0 Å². The van der Waals surface area contributed by atoms with E-state index >= 15 is 0 Å². The van der Waals surface area contributed by atoms with Gasteiger partial charge in [-0.25, -0.2) is 4.98 Å². The number of aromatic nitrogens is 3. The number of benzene rings is 1. The first-order valence-electron chi connectivity index (χ1n) is 5.54. The summed E-state index contributed by atoms with van der Waals surface area (Å²) in [5, 5.41) is 17.2. The fraction of sp³-hybridized carbons (Fsp3) is 0.333. The number of nitrogens with one attached hydrogen (secondary N) is 1. The third-order valence-corrected chi connectivity index (χ3v) is 2.45. The number of aryl methyl sites for hydroxylation is 1. The molecule has 5 nitrogen and oxygen atoms in total. The number of nitrogens with zero attached hydrogens (tertiary/aromatic N) is 3. The quantitative estimate of drug-likeness (QED) is 0.794. The van der Waals surface area contributed by atoms with Crippen LogP contribution in [-0.4, -0.2) is 26.4 Å². The van der Waals surface area contributed by atoms with E-state index in [0.717, 1.165) is 11.4 Å². The first-order valence-corrected chi connectivity index (χ1v) is 5.54. The minimum Gasteiger partial charge on any atom is -0.387 e. The van der Waals surface area contributed by atoms with E-state index in [1.165, 1.54) is 0 Å². The average Bonchev–Trinajstić information content (AvgIpc) is 2.76. The highest BCUT2D eigenvalue weighted by Crippen LogP contribution is 2.10. The first kappa shape index (κ1) is 11.8. The predicted octanol–water partition coefficient (Wildman–Crippen LogP) is 0.638. The zero-order valence-corrected chi connectivity index (χ0v) is 9.74. The van der Waals surface area contributed by atoms with Crippen molar-refractivity contribution >= 4 is 0 Å². The summed E-state index contributed by atoms with van der Waals surface area (Å²) in [6, 6.07) is 9.58. The Morgan fingerprint density at radius 3 is 2.76 bits per heavy atom. The van der Waals surface area contributed by atoms with Crippen LogP contribution in [0.2, 0.25) is 0 Å². The zero-order valence-electron chi connectivity index (χ0n) is 9.74. The van der Waals surface area contributed by atoms with Gasteiger partial charge in [0.05, 0.1) is 12.6 Å². The fourth-order valence-corrected chi connectivity index (χ4v) is 1.58. The second-order valence-corrected chi connectivity index (χ2v) is 3.89. The number of hydrogen-bond donors (Lipinski definition) is 2. The van der Waals surface area contributed by atoms with Crippen molar-refractivity contribution in [2.75, 3.05) is 6.54 Å². The van der Waals surface area contributed by atoms with Crippen molar-refractivity contribution < 1.29 is 5.11 Å². The summed E-state index contributed by atoms with van der Waals surface area (Å²) < 4.78 is 1.66. The second-order valence-electron chi connectivity index (χ2n) is 3.89. The molecule has 0 saturated carbocycles. The van der Waals surface area contributed by atoms with Gasteiger partial charge in [0.15, 0.2) is 5.82 Å². The van der Waals surface area contributed by atoms with Crippen molar-refractivity contribution in [3.05, 3.63) is 48.0 Å². The SMILES string of the molecule is Cn1cnc(CNCC(O)c2ccccc2)n1. The Labute approximate surface area is 100 Å². The van der Waals surface area contributed by atoms with E-state index in [-0.39, 0.29) is 0 Å². The molecule has 1 aromatic carbocycles. The molecule has 1 atom stereocenters. The van der Waals surface area contributed by atoms with Crippen LogP contribution in [-0.2, 0) is 13.6 Å². The molecule has 90 valence electrons. The summed E-state index contributed by atoms with van der Waals surface area (Å²) in [4.78, 5) is 4.09. The standard InChI is InChI=1S/C12H16N4O/c1-16-9-14-12(15-16)8-13-7-11(17)10-5-3-2-4-6-10/h2-6,9,11,13,17H,7-8H2,1H3. The predicted molar refractivity (Wildman–Crippen MR) is 64.1 cm³/mol. The first-order chi connectivity index (χ1) is 8.25. The molecule has 0 bridgehead atoms. The van der Waals surface area contributed by atoms with Gasteiger partial charge in [0.25, 0.3) is 0 Å². The molecule has 17 heavy (non-hydrogen) atoms. The molecule has 0 amide bonds. The van der Waals surface area contributed by atoms with Gasteiger partial charge < -0.3 is 10.4 Å². The molecular formula is C12H16N4O. The molecule has 0 fully saturated rings. The van der Waals surface area contributed by atoms with Crippen LogP contribution in [0.15, 0.2) is 36.7 Å². The Bertz CT molecular complexity index is 455. The van der Waals surface area contributed by atoms with Crippen LogP contribution in [0.4, 0.5) is 0 Å². The molecule has 1 aromatic heterocycles. The molecule has 2 N–H and O–H groups in total. The third kappa shape index (κ3) is 3.37. The summed E-state index contributed by atoms with van der Waals surface area (Å²) >= 11 is 0. The summed E-state index contributed by atoms with van der Waals surface area (Å²) in [7, 11) is 1.83. The van der Waals surface area contributed by atoms with E-state index < -0.39 is 6.10 Å². The van der Waals surface area contributed by atoms with E-state index in [9.17, 15) is 5.11 Å². The lowest BCUT2D eigenvalue weighted by atomic mass is 10.1. The molecule has 2 aromatic rings. The summed E-state index contributed by atoms with van der Waals surface area (Å²) in [6.45, 7) is 1.05. The molecule has 1 unspecified atom stereocenters. The van der Waals surface area contributed by atoms with E-state index in [1.807, 2.05) is 37.4 Å². The summed E-state index contributed by atoms with van der Waals surface area (Å²) in [6.07, 6.45) is 1.16. The van der Waals surface area contributed by atoms with E-state index in [1.54, 1.807) is 11.0 Å². The van der Waals surface area contributed by atoms with Crippen LogP contribution in [0.1, 0.15) is 17.5 Å². The van der Waals surface area contributed by atoms with Crippen LogP contribution in [0, 0.1) is 0 Å². The molecule has 5 heteroatoms. The van der Waals surface area contributed by atoms with Gasteiger partial charge in [0.2, 0.25) is 0 Å². The normalized spacial score (nSPS) is 12.6. The van der Waals surface area contributed by atoms with Gasteiger partial charge in [0, 0.05) is 13.6 Å². The maximum atomic E-state index is 9.90. The third-order valence-electron chi connectivity index (χ3n) is 2.45. The highest BCUT2D eigenvalue weighted by molar-refractivity contribution is 5.17. The van der Waals surface area contributed by atoms with Crippen molar-refractivity contribution in [1.82, 2.24) is 20.1 Å². The average molecular weight is 232 g/mol. The summed E-state index contributed by atoms with van der Waals surface area (Å²) in [5.74, 6) is 0.729. The zero-order chi connectivity index (χ0) is 12.1. The maximum absolute atomic E-state index is 9.90. The van der Waals surface area contributed by atoms with E-state index in [0.29, 0.717) is 13.1 Å². The highest BCUT2D eigenvalue weighted by atomic mass is 16.3. The molecule has 0 saturated heterocycles. The Kier molecular flexibility index (Phi) is 3.85. The molecule has 0 aliphatic carbocycles. The maximum Gasteiger partial charge on any atom is 0.164 e. The second kappa shape index (κ2) is 5.56. The van der Waals surface area contributed by atoms with Crippen LogP contribution >= 0.6 is 0 Å². The van der Waals surface area contributed by atoms with Gasteiger partial charge in [-0.3, -0.25) is 4.68 Å². The van der Waals surface area contributed by atoms with Crippen LogP contribution in [0.3, 0.4) is 0 Å². The smallest absolute Gasteiger partial charge is 0.164 e. The van der Waals surface area contributed by atoms with Gasteiger partial charge in [-0.15, -0.1) is 0 Å². The lowest BCUT2D eigenvalue weighted by Crippen LogP contribution is -2.21. The molecule has 2 rings (SSSR count).